The third-order valence-corrected chi connectivity index (χ3v) is 8.34. The number of carbonyl (C=O) groups is 2. The molecule has 4 rings (SSSR count). The predicted octanol–water partition coefficient (Wildman–Crippen LogP) is 6.76. The van der Waals surface area contributed by atoms with Gasteiger partial charge in [0.15, 0.2) is 5.60 Å². The summed E-state index contributed by atoms with van der Waals surface area (Å²) in [6.07, 6.45) is 2.56. The Morgan fingerprint density at radius 1 is 1.17 bits per heavy atom. The molecule has 0 aromatic heterocycles. The van der Waals surface area contributed by atoms with E-state index in [1.54, 1.807) is 13.8 Å². The van der Waals surface area contributed by atoms with Crippen molar-refractivity contribution in [3.63, 3.8) is 0 Å². The second kappa shape index (κ2) is 9.85. The maximum atomic E-state index is 12.3. The Balaban J connectivity index is 1.63. The molecule has 1 fully saturated rings. The van der Waals surface area contributed by atoms with Gasteiger partial charge in [-0.3, -0.25) is 9.59 Å². The lowest BCUT2D eigenvalue weighted by Crippen LogP contribution is -2.45. The lowest BCUT2D eigenvalue weighted by Gasteiger charge is -2.44. The summed E-state index contributed by atoms with van der Waals surface area (Å²) in [4.78, 5) is 24.3. The average molecular weight is 498 g/mol. The van der Waals surface area contributed by atoms with Crippen LogP contribution in [0.15, 0.2) is 36.4 Å². The second-order valence-electron chi connectivity index (χ2n) is 10.7. The van der Waals surface area contributed by atoms with E-state index >= 15 is 0 Å². The van der Waals surface area contributed by atoms with E-state index in [0.717, 1.165) is 29.5 Å². The number of nitrogens with one attached hydrogen (secondary N) is 1. The van der Waals surface area contributed by atoms with Crippen LogP contribution in [0.5, 0.6) is 5.75 Å². The van der Waals surface area contributed by atoms with Crippen molar-refractivity contribution in [1.82, 2.24) is 0 Å². The number of hydrogen-bond acceptors (Lipinski definition) is 4. The van der Waals surface area contributed by atoms with E-state index in [2.05, 4.69) is 38.2 Å². The molecular weight excluding hydrogens is 462 g/mol. The number of amides is 1. The standard InChI is InChI=1S/C29H36ClNO4/c1-7-20-15-23(27(34-18(4)32)17(3)16(20)2)21-9-10-24(30)22(14-21)12-19-8-11-26-25(13-19)31-28(33)29(5,6)35-26/h8-11,13-14,16-17,20,23,27H,7,12,15H2,1-6H3,(H,31,33)/t16-,17-,20-,23?,27+/m0/s1. The Labute approximate surface area is 213 Å². The lowest BCUT2D eigenvalue weighted by molar-refractivity contribution is -0.155. The van der Waals surface area contributed by atoms with Crippen LogP contribution in [-0.4, -0.2) is 23.6 Å². The largest absolute Gasteiger partial charge is 0.476 e. The van der Waals surface area contributed by atoms with Crippen LogP contribution in [0.25, 0.3) is 0 Å². The Kier molecular flexibility index (Phi) is 7.19. The molecule has 1 aliphatic heterocycles. The van der Waals surface area contributed by atoms with E-state index in [9.17, 15) is 9.59 Å². The Bertz CT molecular complexity index is 1130. The number of esters is 1. The Morgan fingerprint density at radius 2 is 1.91 bits per heavy atom. The molecule has 1 saturated carbocycles. The van der Waals surface area contributed by atoms with Crippen LogP contribution in [0.4, 0.5) is 5.69 Å². The van der Waals surface area contributed by atoms with E-state index in [4.69, 9.17) is 21.1 Å². The SMILES string of the molecule is CC[C@H]1CC(c2ccc(Cl)c(Cc3ccc4c(c3)NC(=O)C(C)(C)O4)c2)[C@H](OC(C)=O)[C@@H](C)[C@@H]1C. The highest BCUT2D eigenvalue weighted by Crippen LogP contribution is 2.46. The van der Waals surface area contributed by atoms with Crippen molar-refractivity contribution >= 4 is 29.2 Å². The summed E-state index contributed by atoms with van der Waals surface area (Å²) in [5.74, 6) is 1.74. The van der Waals surface area contributed by atoms with Gasteiger partial charge in [0.1, 0.15) is 11.9 Å². The van der Waals surface area contributed by atoms with Crippen molar-refractivity contribution in [3.05, 3.63) is 58.1 Å². The summed E-state index contributed by atoms with van der Waals surface area (Å²) in [5, 5.41) is 3.65. The molecular formula is C29H36ClNO4. The van der Waals surface area contributed by atoms with Crippen LogP contribution in [0.1, 0.15) is 77.0 Å². The molecule has 1 amide bonds. The van der Waals surface area contributed by atoms with Gasteiger partial charge in [-0.25, -0.2) is 0 Å². The molecule has 0 spiro atoms. The van der Waals surface area contributed by atoms with Gasteiger partial charge in [-0.15, -0.1) is 0 Å². The van der Waals surface area contributed by atoms with Crippen LogP contribution in [-0.2, 0) is 20.7 Å². The first-order valence-electron chi connectivity index (χ1n) is 12.6. The quantitative estimate of drug-likeness (QED) is 0.463. The minimum absolute atomic E-state index is 0.129. The molecule has 0 bridgehead atoms. The molecule has 1 N–H and O–H groups in total. The van der Waals surface area contributed by atoms with Gasteiger partial charge in [0.2, 0.25) is 0 Å². The topological polar surface area (TPSA) is 64.6 Å². The van der Waals surface area contributed by atoms with Crippen LogP contribution >= 0.6 is 11.6 Å². The normalized spacial score (nSPS) is 27.4. The van der Waals surface area contributed by atoms with E-state index < -0.39 is 5.60 Å². The van der Waals surface area contributed by atoms with Crippen LogP contribution in [0, 0.1) is 17.8 Å². The molecule has 6 heteroatoms. The highest BCUT2D eigenvalue weighted by molar-refractivity contribution is 6.31. The van der Waals surface area contributed by atoms with Crippen molar-refractivity contribution in [2.24, 2.45) is 17.8 Å². The molecule has 2 aromatic carbocycles. The van der Waals surface area contributed by atoms with Crippen LogP contribution < -0.4 is 10.1 Å². The van der Waals surface area contributed by atoms with Crippen molar-refractivity contribution < 1.29 is 19.1 Å². The first-order valence-corrected chi connectivity index (χ1v) is 13.0. The Morgan fingerprint density at radius 3 is 2.60 bits per heavy atom. The molecule has 2 aliphatic rings. The number of carbonyl (C=O) groups excluding carboxylic acids is 2. The summed E-state index contributed by atoms with van der Waals surface area (Å²) in [6.45, 7) is 11.7. The monoisotopic (exact) mass is 497 g/mol. The molecule has 0 radical (unpaired) electrons. The van der Waals surface area contributed by atoms with Crippen LogP contribution in [0.3, 0.4) is 0 Å². The van der Waals surface area contributed by atoms with Gasteiger partial charge in [-0.1, -0.05) is 57.0 Å². The molecule has 5 atom stereocenters. The average Bonchev–Trinajstić information content (AvgIpc) is 2.79. The zero-order valence-electron chi connectivity index (χ0n) is 21.5. The molecule has 1 unspecified atom stereocenters. The predicted molar refractivity (Wildman–Crippen MR) is 139 cm³/mol. The maximum Gasteiger partial charge on any atom is 0.302 e. The summed E-state index contributed by atoms with van der Waals surface area (Å²) in [7, 11) is 0. The van der Waals surface area contributed by atoms with Crippen molar-refractivity contribution in [2.45, 2.75) is 78.4 Å². The fraction of sp³-hybridized carbons (Fsp3) is 0.517. The van der Waals surface area contributed by atoms with Crippen molar-refractivity contribution in [3.8, 4) is 5.75 Å². The van der Waals surface area contributed by atoms with Gasteiger partial charge in [-0.2, -0.15) is 0 Å². The highest BCUT2D eigenvalue weighted by atomic mass is 35.5. The molecule has 5 nitrogen and oxygen atoms in total. The molecule has 2 aromatic rings. The van der Waals surface area contributed by atoms with Gasteiger partial charge in [0.05, 0.1) is 5.69 Å². The zero-order chi connectivity index (χ0) is 25.5. The van der Waals surface area contributed by atoms with Gasteiger partial charge >= 0.3 is 5.97 Å². The maximum absolute atomic E-state index is 12.3. The molecule has 1 heterocycles. The van der Waals surface area contributed by atoms with Crippen molar-refractivity contribution in [2.75, 3.05) is 5.32 Å². The number of fused-ring (bicyclic) bond motifs is 1. The van der Waals surface area contributed by atoms with Gasteiger partial charge < -0.3 is 14.8 Å². The first kappa shape index (κ1) is 25.6. The zero-order valence-corrected chi connectivity index (χ0v) is 22.2. The van der Waals surface area contributed by atoms with Crippen LogP contribution in [0.2, 0.25) is 5.02 Å². The highest BCUT2D eigenvalue weighted by Gasteiger charge is 2.42. The van der Waals surface area contributed by atoms with Crippen molar-refractivity contribution in [1.29, 1.82) is 0 Å². The summed E-state index contributed by atoms with van der Waals surface area (Å²) in [6, 6.07) is 12.0. The third-order valence-electron chi connectivity index (χ3n) is 7.97. The summed E-state index contributed by atoms with van der Waals surface area (Å²) in [5.41, 5.74) is 2.97. The second-order valence-corrected chi connectivity index (χ2v) is 11.1. The molecule has 0 saturated heterocycles. The minimum Gasteiger partial charge on any atom is -0.476 e. The fourth-order valence-electron chi connectivity index (χ4n) is 5.66. The van der Waals surface area contributed by atoms with E-state index in [-0.39, 0.29) is 29.8 Å². The van der Waals surface area contributed by atoms with E-state index in [0.29, 0.717) is 34.7 Å². The number of rotatable bonds is 5. The number of hydrogen-bond donors (Lipinski definition) is 1. The summed E-state index contributed by atoms with van der Waals surface area (Å²) >= 11 is 6.64. The smallest absolute Gasteiger partial charge is 0.302 e. The van der Waals surface area contributed by atoms with Gasteiger partial charge in [0, 0.05) is 17.9 Å². The van der Waals surface area contributed by atoms with E-state index in [1.165, 1.54) is 6.92 Å². The van der Waals surface area contributed by atoms with Gasteiger partial charge in [0.25, 0.3) is 5.91 Å². The molecule has 188 valence electrons. The molecule has 35 heavy (non-hydrogen) atoms. The molecule has 1 aliphatic carbocycles. The Hall–Kier alpha value is -2.53. The summed E-state index contributed by atoms with van der Waals surface area (Å²) < 4.78 is 11.7. The third kappa shape index (κ3) is 5.20. The lowest BCUT2D eigenvalue weighted by atomic mass is 9.64. The van der Waals surface area contributed by atoms with Gasteiger partial charge in [-0.05, 0) is 79.3 Å². The number of anilines is 1. The number of halogens is 1. The minimum atomic E-state index is -0.893. The fourth-order valence-corrected chi connectivity index (χ4v) is 5.85. The first-order chi connectivity index (χ1) is 16.5. The number of benzene rings is 2. The number of ether oxygens (including phenoxy) is 2. The van der Waals surface area contributed by atoms with E-state index in [1.807, 2.05) is 24.3 Å².